The minimum Gasteiger partial charge on any atom is -0.318 e. The Labute approximate surface area is 213 Å². The van der Waals surface area contributed by atoms with Crippen molar-refractivity contribution in [1.82, 2.24) is 14.2 Å². The number of hydrogen-bond donors (Lipinski definition) is 0. The molecule has 2 aromatic carbocycles. The Hall–Kier alpha value is -2.74. The highest BCUT2D eigenvalue weighted by atomic mass is 127. The summed E-state index contributed by atoms with van der Waals surface area (Å²) in [5.41, 5.74) is 6.30. The Balaban J connectivity index is 1.60. The van der Waals surface area contributed by atoms with Crippen molar-refractivity contribution < 1.29 is 0 Å². The summed E-state index contributed by atoms with van der Waals surface area (Å²) in [5.74, 6) is 1.06. The molecule has 174 valence electrons. The lowest BCUT2D eigenvalue weighted by molar-refractivity contribution is 0.416. The number of aromatic nitrogens is 3. The van der Waals surface area contributed by atoms with Gasteiger partial charge in [0.05, 0.1) is 17.1 Å². The zero-order valence-corrected chi connectivity index (χ0v) is 22.0. The monoisotopic (exact) mass is 564 g/mol. The number of nitrogens with zero attached hydrogens (tertiary/aromatic N) is 4. The molecule has 1 saturated carbocycles. The molecule has 1 fully saturated rings. The summed E-state index contributed by atoms with van der Waals surface area (Å²) in [6.07, 6.45) is 7.54. The Morgan fingerprint density at radius 1 is 1.03 bits per heavy atom. The Kier molecular flexibility index (Phi) is 6.42. The van der Waals surface area contributed by atoms with Crippen molar-refractivity contribution in [3.05, 3.63) is 90.8 Å². The molecule has 5 nitrogen and oxygen atoms in total. The van der Waals surface area contributed by atoms with E-state index in [1.165, 1.54) is 28.4 Å². The quantitative estimate of drug-likeness (QED) is 0.206. The van der Waals surface area contributed by atoms with E-state index in [1.807, 2.05) is 30.5 Å². The maximum atomic E-state index is 13.5. The Bertz CT molecular complexity index is 1460. The van der Waals surface area contributed by atoms with Crippen molar-refractivity contribution in [2.45, 2.75) is 58.8 Å². The van der Waals surface area contributed by atoms with Gasteiger partial charge in [-0.25, -0.2) is 4.98 Å². The van der Waals surface area contributed by atoms with E-state index >= 15 is 0 Å². The molecule has 0 atom stereocenters. The SMILES string of the molecule is Cc1cc(-n2c(C)cc(C=Nn3c(C4CCCCC4)nc4ccccc4c3=O)c2C)ccc1I. The smallest absolute Gasteiger partial charge is 0.282 e. The van der Waals surface area contributed by atoms with Crippen molar-refractivity contribution in [2.75, 3.05) is 0 Å². The van der Waals surface area contributed by atoms with Gasteiger partial charge in [-0.1, -0.05) is 31.4 Å². The largest absolute Gasteiger partial charge is 0.318 e. The van der Waals surface area contributed by atoms with Crippen LogP contribution in [0.2, 0.25) is 0 Å². The molecule has 5 rings (SSSR count). The number of benzene rings is 2. The molecule has 0 amide bonds. The second-order valence-corrected chi connectivity index (χ2v) is 10.4. The first-order valence-corrected chi connectivity index (χ1v) is 13.0. The Morgan fingerprint density at radius 2 is 1.79 bits per heavy atom. The van der Waals surface area contributed by atoms with Crippen LogP contribution < -0.4 is 5.56 Å². The third-order valence-electron chi connectivity index (χ3n) is 6.93. The normalized spacial score (nSPS) is 14.9. The van der Waals surface area contributed by atoms with Gasteiger partial charge in [-0.2, -0.15) is 9.78 Å². The van der Waals surface area contributed by atoms with Crippen LogP contribution in [0.15, 0.2) is 58.4 Å². The summed E-state index contributed by atoms with van der Waals surface area (Å²) in [6, 6.07) is 16.2. The van der Waals surface area contributed by atoms with Crippen molar-refractivity contribution in [2.24, 2.45) is 5.10 Å². The minimum atomic E-state index is -0.0931. The fraction of sp³-hybridized carbons (Fsp3) is 0.321. The number of fused-ring (bicyclic) bond motifs is 1. The molecule has 0 unspecified atom stereocenters. The Morgan fingerprint density at radius 3 is 2.56 bits per heavy atom. The van der Waals surface area contributed by atoms with Crippen molar-refractivity contribution in [3.8, 4) is 5.69 Å². The van der Waals surface area contributed by atoms with Crippen molar-refractivity contribution in [3.63, 3.8) is 0 Å². The second kappa shape index (κ2) is 9.49. The van der Waals surface area contributed by atoms with Gasteiger partial charge in [0, 0.05) is 32.1 Å². The van der Waals surface area contributed by atoms with Crippen LogP contribution in [0.3, 0.4) is 0 Å². The van der Waals surface area contributed by atoms with Crippen molar-refractivity contribution >= 4 is 39.7 Å². The molecule has 0 saturated heterocycles. The molecule has 6 heteroatoms. The predicted molar refractivity (Wildman–Crippen MR) is 148 cm³/mol. The fourth-order valence-electron chi connectivity index (χ4n) is 5.08. The van der Waals surface area contributed by atoms with Gasteiger partial charge in [0.2, 0.25) is 0 Å². The van der Waals surface area contributed by atoms with Crippen LogP contribution in [0.4, 0.5) is 0 Å². The van der Waals surface area contributed by atoms with Gasteiger partial charge in [0.1, 0.15) is 5.82 Å². The van der Waals surface area contributed by atoms with E-state index in [2.05, 4.69) is 72.2 Å². The van der Waals surface area contributed by atoms with E-state index in [9.17, 15) is 4.79 Å². The van der Waals surface area contributed by atoms with Crippen LogP contribution in [-0.4, -0.2) is 20.4 Å². The second-order valence-electron chi connectivity index (χ2n) is 9.28. The summed E-state index contributed by atoms with van der Waals surface area (Å²) < 4.78 is 5.05. The maximum Gasteiger partial charge on any atom is 0.282 e. The average Bonchev–Trinajstić information content (AvgIpc) is 3.13. The lowest BCUT2D eigenvalue weighted by Gasteiger charge is -2.22. The zero-order valence-electron chi connectivity index (χ0n) is 19.9. The maximum absolute atomic E-state index is 13.5. The van der Waals surface area contributed by atoms with E-state index in [0.29, 0.717) is 5.39 Å². The topological polar surface area (TPSA) is 52.2 Å². The highest BCUT2D eigenvalue weighted by Gasteiger charge is 2.22. The molecule has 2 heterocycles. The molecule has 0 aliphatic heterocycles. The fourth-order valence-corrected chi connectivity index (χ4v) is 5.42. The van der Waals surface area contributed by atoms with Gasteiger partial charge in [0.25, 0.3) is 5.56 Å². The molecule has 2 aromatic heterocycles. The van der Waals surface area contributed by atoms with E-state index < -0.39 is 0 Å². The first-order valence-electron chi connectivity index (χ1n) is 12.0. The van der Waals surface area contributed by atoms with Gasteiger partial charge in [-0.15, -0.1) is 0 Å². The first-order chi connectivity index (χ1) is 16.4. The molecule has 1 aliphatic rings. The molecule has 1 aliphatic carbocycles. The van der Waals surface area contributed by atoms with Crippen LogP contribution in [0.25, 0.3) is 16.6 Å². The number of para-hydroxylation sites is 1. The number of halogens is 1. The molecule has 0 N–H and O–H groups in total. The molecule has 0 bridgehead atoms. The summed E-state index contributed by atoms with van der Waals surface area (Å²) in [5, 5.41) is 5.35. The average molecular weight is 564 g/mol. The third-order valence-corrected chi connectivity index (χ3v) is 8.14. The van der Waals surface area contributed by atoms with Gasteiger partial charge >= 0.3 is 0 Å². The van der Waals surface area contributed by atoms with Crippen molar-refractivity contribution in [1.29, 1.82) is 0 Å². The minimum absolute atomic E-state index is 0.0931. The predicted octanol–water partition coefficient (Wildman–Crippen LogP) is 6.65. The van der Waals surface area contributed by atoms with Gasteiger partial charge in [-0.3, -0.25) is 4.79 Å². The number of rotatable bonds is 4. The molecule has 0 spiro atoms. The highest BCUT2D eigenvalue weighted by molar-refractivity contribution is 14.1. The molecule has 4 aromatic rings. The van der Waals surface area contributed by atoms with Crippen LogP contribution in [0.5, 0.6) is 0 Å². The lowest BCUT2D eigenvalue weighted by atomic mass is 9.88. The van der Waals surface area contributed by atoms with Crippen LogP contribution in [0, 0.1) is 24.3 Å². The first kappa shape index (κ1) is 23.0. The molecular weight excluding hydrogens is 535 g/mol. The van der Waals surface area contributed by atoms with E-state index in [0.717, 1.165) is 46.8 Å². The summed E-state index contributed by atoms with van der Waals surface area (Å²) in [6.45, 7) is 6.34. The van der Waals surface area contributed by atoms with Gasteiger partial charge < -0.3 is 4.57 Å². The van der Waals surface area contributed by atoms with E-state index in [-0.39, 0.29) is 11.5 Å². The summed E-state index contributed by atoms with van der Waals surface area (Å²) >= 11 is 2.36. The van der Waals surface area contributed by atoms with E-state index in [4.69, 9.17) is 10.1 Å². The van der Waals surface area contributed by atoms with Crippen LogP contribution >= 0.6 is 22.6 Å². The lowest BCUT2D eigenvalue weighted by Crippen LogP contribution is -2.25. The third kappa shape index (κ3) is 4.24. The standard InChI is InChI=1S/C28H29IN4O/c1-18-15-23(13-14-25(18)29)32-19(2)16-22(20(32)3)17-30-33-27(21-9-5-4-6-10-21)31-26-12-8-7-11-24(26)28(33)34/h7-8,11-17,21H,4-6,9-10H2,1-3H3. The summed E-state index contributed by atoms with van der Waals surface area (Å²) in [7, 11) is 0. The van der Waals surface area contributed by atoms with Gasteiger partial charge in [-0.05, 0) is 98.2 Å². The molecule has 34 heavy (non-hydrogen) atoms. The number of aryl methyl sites for hydroxylation is 2. The van der Waals surface area contributed by atoms with Crippen LogP contribution in [-0.2, 0) is 0 Å². The zero-order chi connectivity index (χ0) is 23.8. The van der Waals surface area contributed by atoms with Gasteiger partial charge in [0.15, 0.2) is 0 Å². The highest BCUT2D eigenvalue weighted by Crippen LogP contribution is 2.32. The summed E-state index contributed by atoms with van der Waals surface area (Å²) in [4.78, 5) is 18.4. The molecular formula is C28H29IN4O. The molecule has 0 radical (unpaired) electrons. The van der Waals surface area contributed by atoms with E-state index in [1.54, 1.807) is 4.68 Å². The number of hydrogen-bond acceptors (Lipinski definition) is 3. The van der Waals surface area contributed by atoms with Crippen LogP contribution in [0.1, 0.15) is 66.4 Å².